The number of carbonyl (C=O) groups excluding carboxylic acids is 3. The fourth-order valence-corrected chi connectivity index (χ4v) is 7.70. The average molecular weight is 626 g/mol. The van der Waals surface area contributed by atoms with Crippen LogP contribution < -0.4 is 16.4 Å². The lowest BCUT2D eigenvalue weighted by atomic mass is 9.75. The normalized spacial score (nSPS) is 26.8. The molecular formula is C37H43N3O6. The maximum Gasteiger partial charge on any atom is 0.407 e. The summed E-state index contributed by atoms with van der Waals surface area (Å²) in [6.07, 6.45) is 0.383. The number of Topliss-reactive ketones (excluding diaryl/α,β-unsaturated/α-hetero) is 1. The number of amides is 2. The summed E-state index contributed by atoms with van der Waals surface area (Å²) in [4.78, 5) is 39.7. The number of alkyl carbamates (subject to hydrolysis) is 1. The third-order valence-electron chi connectivity index (χ3n) is 9.91. The number of nitrogens with one attached hydrogen (secondary N) is 2. The lowest BCUT2D eigenvalue weighted by Crippen LogP contribution is -2.55. The van der Waals surface area contributed by atoms with Crippen LogP contribution in [0.2, 0.25) is 0 Å². The molecule has 46 heavy (non-hydrogen) atoms. The van der Waals surface area contributed by atoms with E-state index in [1.54, 1.807) is 0 Å². The molecule has 2 fully saturated rings. The second-order valence-corrected chi connectivity index (χ2v) is 13.0. The highest BCUT2D eigenvalue weighted by molar-refractivity contribution is 5.94. The lowest BCUT2D eigenvalue weighted by Gasteiger charge is -2.34. The lowest BCUT2D eigenvalue weighted by molar-refractivity contribution is -0.127. The van der Waals surface area contributed by atoms with E-state index >= 15 is 0 Å². The van der Waals surface area contributed by atoms with Gasteiger partial charge in [-0.15, -0.1) is 0 Å². The van der Waals surface area contributed by atoms with Crippen molar-refractivity contribution in [3.8, 4) is 0 Å². The third-order valence-corrected chi connectivity index (χ3v) is 9.91. The summed E-state index contributed by atoms with van der Waals surface area (Å²) in [7, 11) is 0. The van der Waals surface area contributed by atoms with Crippen LogP contribution in [-0.2, 0) is 31.9 Å². The molecule has 2 saturated heterocycles. The van der Waals surface area contributed by atoms with Gasteiger partial charge in [-0.25, -0.2) is 4.79 Å². The van der Waals surface area contributed by atoms with Crippen molar-refractivity contribution in [3.05, 3.63) is 107 Å². The molecule has 242 valence electrons. The number of primary amides is 1. The Bertz CT molecular complexity index is 1510. The van der Waals surface area contributed by atoms with Crippen LogP contribution in [0.25, 0.3) is 0 Å². The van der Waals surface area contributed by atoms with Crippen molar-refractivity contribution in [2.45, 2.75) is 74.1 Å². The molecule has 0 radical (unpaired) electrons. The number of rotatable bonds is 12. The van der Waals surface area contributed by atoms with Crippen molar-refractivity contribution in [2.75, 3.05) is 19.8 Å². The van der Waals surface area contributed by atoms with Gasteiger partial charge in [-0.05, 0) is 53.4 Å². The molecule has 1 aliphatic carbocycles. The summed E-state index contributed by atoms with van der Waals surface area (Å²) < 4.78 is 10.9. The van der Waals surface area contributed by atoms with Gasteiger partial charge in [-0.2, -0.15) is 0 Å². The molecule has 2 heterocycles. The number of hydrogen-bond acceptors (Lipinski definition) is 7. The number of benzene rings is 3. The van der Waals surface area contributed by atoms with Gasteiger partial charge >= 0.3 is 6.09 Å². The number of hydrogen-bond donors (Lipinski definition) is 4. The van der Waals surface area contributed by atoms with Crippen molar-refractivity contribution in [1.82, 2.24) is 10.6 Å². The Hall–Kier alpha value is -4.05. The van der Waals surface area contributed by atoms with Gasteiger partial charge in [0.2, 0.25) is 5.91 Å². The van der Waals surface area contributed by atoms with Crippen molar-refractivity contribution in [3.63, 3.8) is 0 Å². The van der Waals surface area contributed by atoms with Gasteiger partial charge in [-0.3, -0.25) is 9.59 Å². The van der Waals surface area contributed by atoms with Gasteiger partial charge in [-0.1, -0.05) is 84.9 Å². The molecule has 5 N–H and O–H groups in total. The fourth-order valence-electron chi connectivity index (χ4n) is 7.70. The standard InChI is InChI=1S/C37H43N3O6/c38-34(42)19-26-18-30(29-14-8-7-13-28(26)29)31-22-39-37(35(31)43,20-25-11-5-2-6-12-25)21-33(41)32(17-24-9-3-1-4-10-24)40-36(44)46-27-15-16-45-23-27/h1-14,26-27,30-33,39,41H,15-23H2,(H2,38,42)(H,40,44)/t26-,27+,30-,31?,32+,33+,37+/m1/s1. The van der Waals surface area contributed by atoms with Crippen LogP contribution in [0, 0.1) is 5.92 Å². The highest BCUT2D eigenvalue weighted by Gasteiger charge is 2.53. The third kappa shape index (κ3) is 7.17. The van der Waals surface area contributed by atoms with E-state index in [0.717, 1.165) is 22.3 Å². The Morgan fingerprint density at radius 1 is 0.978 bits per heavy atom. The number of carbonyl (C=O) groups is 3. The molecule has 2 amide bonds. The summed E-state index contributed by atoms with van der Waals surface area (Å²) in [5.41, 5.74) is 8.63. The monoisotopic (exact) mass is 625 g/mol. The van der Waals surface area contributed by atoms with Crippen LogP contribution in [0.4, 0.5) is 4.79 Å². The first-order valence-electron chi connectivity index (χ1n) is 16.3. The number of ether oxygens (including phenoxy) is 2. The summed E-state index contributed by atoms with van der Waals surface area (Å²) >= 11 is 0. The Kier molecular flexibility index (Phi) is 9.82. The van der Waals surface area contributed by atoms with E-state index < -0.39 is 23.8 Å². The largest absolute Gasteiger partial charge is 0.444 e. The van der Waals surface area contributed by atoms with Crippen LogP contribution in [0.3, 0.4) is 0 Å². The zero-order valence-corrected chi connectivity index (χ0v) is 26.0. The van der Waals surface area contributed by atoms with Crippen molar-refractivity contribution >= 4 is 17.8 Å². The van der Waals surface area contributed by atoms with Crippen molar-refractivity contribution < 1.29 is 29.0 Å². The highest BCUT2D eigenvalue weighted by Crippen LogP contribution is 2.49. The van der Waals surface area contributed by atoms with Gasteiger partial charge in [0.25, 0.3) is 0 Å². The van der Waals surface area contributed by atoms with Crippen molar-refractivity contribution in [1.29, 1.82) is 0 Å². The molecule has 0 saturated carbocycles. The molecule has 3 aromatic carbocycles. The number of fused-ring (bicyclic) bond motifs is 1. The number of ketones is 1. The number of nitrogens with two attached hydrogens (primary N) is 1. The molecule has 1 unspecified atom stereocenters. The average Bonchev–Trinajstić information content (AvgIpc) is 3.76. The topological polar surface area (TPSA) is 140 Å². The Morgan fingerprint density at radius 3 is 2.33 bits per heavy atom. The minimum absolute atomic E-state index is 0.0306. The van der Waals surface area contributed by atoms with Gasteiger partial charge < -0.3 is 30.9 Å². The van der Waals surface area contributed by atoms with Crippen LogP contribution in [0.15, 0.2) is 84.9 Å². The molecule has 6 rings (SSSR count). The van der Waals surface area contributed by atoms with E-state index in [1.165, 1.54) is 0 Å². The smallest absolute Gasteiger partial charge is 0.407 e. The Morgan fingerprint density at radius 2 is 1.65 bits per heavy atom. The van der Waals surface area contributed by atoms with Crippen LogP contribution >= 0.6 is 0 Å². The van der Waals surface area contributed by atoms with E-state index in [2.05, 4.69) is 16.7 Å². The Labute approximate surface area is 269 Å². The van der Waals surface area contributed by atoms with E-state index in [9.17, 15) is 19.5 Å². The van der Waals surface area contributed by atoms with Gasteiger partial charge in [0.15, 0.2) is 5.78 Å². The predicted molar refractivity (Wildman–Crippen MR) is 173 cm³/mol. The molecule has 0 aromatic heterocycles. The summed E-state index contributed by atoms with van der Waals surface area (Å²) in [6.45, 7) is 1.34. The van der Waals surface area contributed by atoms with Crippen molar-refractivity contribution in [2.24, 2.45) is 11.7 Å². The molecule has 0 bridgehead atoms. The minimum atomic E-state index is -1.07. The summed E-state index contributed by atoms with van der Waals surface area (Å²) in [5, 5.41) is 18.4. The summed E-state index contributed by atoms with van der Waals surface area (Å²) in [5.74, 6) is -0.759. The maximum atomic E-state index is 14.7. The molecule has 2 aliphatic heterocycles. The highest BCUT2D eigenvalue weighted by atomic mass is 16.6. The number of aliphatic hydroxyl groups excluding tert-OH is 1. The second kappa shape index (κ2) is 14.2. The van der Waals surface area contributed by atoms with Crippen LogP contribution in [0.5, 0.6) is 0 Å². The van der Waals surface area contributed by atoms with Gasteiger partial charge in [0.05, 0.1) is 30.9 Å². The Balaban J connectivity index is 1.27. The predicted octanol–water partition coefficient (Wildman–Crippen LogP) is 3.78. The van der Waals surface area contributed by atoms with E-state index in [4.69, 9.17) is 15.2 Å². The summed E-state index contributed by atoms with van der Waals surface area (Å²) in [6, 6.07) is 26.8. The van der Waals surface area contributed by atoms with Gasteiger partial charge in [0, 0.05) is 31.7 Å². The van der Waals surface area contributed by atoms with E-state index in [1.807, 2.05) is 78.9 Å². The molecule has 3 aliphatic rings. The molecule has 9 heteroatoms. The first-order valence-corrected chi connectivity index (χ1v) is 16.3. The SMILES string of the molecule is NC(=O)C[C@H]1C[C@@H](C2CN[C@@](Cc3ccccc3)(C[C@H](O)[C@H](Cc3ccccc3)NC(=O)O[C@H]3CCOC3)C2=O)c2ccccc21. The van der Waals surface area contributed by atoms with Gasteiger partial charge in [0.1, 0.15) is 6.10 Å². The maximum absolute atomic E-state index is 14.7. The fraction of sp³-hybridized carbons (Fsp3) is 0.432. The minimum Gasteiger partial charge on any atom is -0.444 e. The molecule has 3 aromatic rings. The van der Waals surface area contributed by atoms with E-state index in [0.29, 0.717) is 45.4 Å². The molecule has 7 atom stereocenters. The molecular weight excluding hydrogens is 582 g/mol. The van der Waals surface area contributed by atoms with Crippen LogP contribution in [-0.4, -0.2) is 66.4 Å². The zero-order chi connectivity index (χ0) is 32.1. The first-order chi connectivity index (χ1) is 22.3. The number of aliphatic hydroxyl groups is 1. The second-order valence-electron chi connectivity index (χ2n) is 13.0. The first kappa shape index (κ1) is 31.9. The quantitative estimate of drug-likeness (QED) is 0.240. The van der Waals surface area contributed by atoms with E-state index in [-0.39, 0.29) is 48.4 Å². The van der Waals surface area contributed by atoms with Crippen LogP contribution in [0.1, 0.15) is 59.8 Å². The molecule has 0 spiro atoms. The zero-order valence-electron chi connectivity index (χ0n) is 26.0. The molecule has 9 nitrogen and oxygen atoms in total.